The van der Waals surface area contributed by atoms with E-state index >= 15 is 0 Å². The predicted octanol–water partition coefficient (Wildman–Crippen LogP) is 4.57. The molecule has 4 heteroatoms. The van der Waals surface area contributed by atoms with Gasteiger partial charge in [0.1, 0.15) is 0 Å². The SMILES string of the molecule is N#CC1(c2ccccc2)CCC(N(Cc2ccccc2)C(=O)O)CC1. The van der Waals surface area contributed by atoms with Gasteiger partial charge in [-0.3, -0.25) is 0 Å². The Morgan fingerprint density at radius 1 is 1.08 bits per heavy atom. The molecule has 0 aliphatic heterocycles. The molecule has 0 heterocycles. The minimum Gasteiger partial charge on any atom is -0.465 e. The third-order valence-corrected chi connectivity index (χ3v) is 5.23. The summed E-state index contributed by atoms with van der Waals surface area (Å²) in [6.45, 7) is 0.395. The maximum absolute atomic E-state index is 11.8. The van der Waals surface area contributed by atoms with Crippen LogP contribution < -0.4 is 0 Å². The standard InChI is InChI=1S/C21H22N2O2/c22-16-21(18-9-5-2-6-10-18)13-11-19(12-14-21)23(20(24)25)15-17-7-3-1-4-8-17/h1-10,19H,11-15H2,(H,24,25). The fourth-order valence-corrected chi connectivity index (χ4v) is 3.76. The first-order chi connectivity index (χ1) is 12.1. The van der Waals surface area contributed by atoms with Crippen molar-refractivity contribution in [2.24, 2.45) is 0 Å². The summed E-state index contributed by atoms with van der Waals surface area (Å²) in [5.74, 6) is 0. The van der Waals surface area contributed by atoms with E-state index in [-0.39, 0.29) is 6.04 Å². The monoisotopic (exact) mass is 334 g/mol. The molecule has 4 nitrogen and oxygen atoms in total. The van der Waals surface area contributed by atoms with Crippen LogP contribution in [0.25, 0.3) is 0 Å². The first-order valence-electron chi connectivity index (χ1n) is 8.65. The Labute approximate surface area is 148 Å². The third kappa shape index (κ3) is 3.66. The van der Waals surface area contributed by atoms with E-state index in [1.54, 1.807) is 0 Å². The molecule has 0 saturated heterocycles. The van der Waals surface area contributed by atoms with Gasteiger partial charge in [0.15, 0.2) is 0 Å². The summed E-state index contributed by atoms with van der Waals surface area (Å²) in [6.07, 6.45) is 1.91. The third-order valence-electron chi connectivity index (χ3n) is 5.23. The number of hydrogen-bond acceptors (Lipinski definition) is 2. The Kier molecular flexibility index (Phi) is 5.04. The lowest BCUT2D eigenvalue weighted by Gasteiger charge is -2.39. The van der Waals surface area contributed by atoms with Gasteiger partial charge in [0.05, 0.1) is 11.5 Å². The predicted molar refractivity (Wildman–Crippen MR) is 96.0 cm³/mol. The Morgan fingerprint density at radius 3 is 2.16 bits per heavy atom. The van der Waals surface area contributed by atoms with Gasteiger partial charge in [-0.25, -0.2) is 4.79 Å². The smallest absolute Gasteiger partial charge is 0.407 e. The molecule has 128 valence electrons. The highest BCUT2D eigenvalue weighted by Crippen LogP contribution is 2.40. The lowest BCUT2D eigenvalue weighted by Crippen LogP contribution is -2.44. The number of nitrogens with zero attached hydrogens (tertiary/aromatic N) is 2. The van der Waals surface area contributed by atoms with Crippen LogP contribution in [0.5, 0.6) is 0 Å². The minimum absolute atomic E-state index is 0.0390. The Hall–Kier alpha value is -2.80. The van der Waals surface area contributed by atoms with Crippen molar-refractivity contribution in [3.8, 4) is 6.07 Å². The Bertz CT molecular complexity index is 744. The molecule has 2 aromatic carbocycles. The van der Waals surface area contributed by atoms with Crippen LogP contribution in [0.2, 0.25) is 0 Å². The second-order valence-electron chi connectivity index (χ2n) is 6.69. The zero-order valence-corrected chi connectivity index (χ0v) is 14.1. The maximum Gasteiger partial charge on any atom is 0.407 e. The van der Waals surface area contributed by atoms with Crippen LogP contribution >= 0.6 is 0 Å². The molecule has 1 aliphatic rings. The van der Waals surface area contributed by atoms with Crippen molar-refractivity contribution in [1.82, 2.24) is 4.90 Å². The van der Waals surface area contributed by atoms with Gasteiger partial charge in [-0.2, -0.15) is 5.26 Å². The molecular formula is C21H22N2O2. The molecular weight excluding hydrogens is 312 g/mol. The van der Waals surface area contributed by atoms with E-state index in [1.807, 2.05) is 60.7 Å². The van der Waals surface area contributed by atoms with Crippen LogP contribution in [0.1, 0.15) is 36.8 Å². The van der Waals surface area contributed by atoms with E-state index in [9.17, 15) is 15.2 Å². The molecule has 0 atom stereocenters. The van der Waals surface area contributed by atoms with E-state index in [2.05, 4.69) is 6.07 Å². The Balaban J connectivity index is 1.73. The van der Waals surface area contributed by atoms with Crippen molar-refractivity contribution >= 4 is 6.09 Å². The highest BCUT2D eigenvalue weighted by molar-refractivity contribution is 5.65. The van der Waals surface area contributed by atoms with Crippen molar-refractivity contribution in [3.63, 3.8) is 0 Å². The van der Waals surface area contributed by atoms with Gasteiger partial charge in [0.2, 0.25) is 0 Å². The second-order valence-corrected chi connectivity index (χ2v) is 6.69. The van der Waals surface area contributed by atoms with Crippen LogP contribution in [-0.2, 0) is 12.0 Å². The molecule has 1 amide bonds. The fraction of sp³-hybridized carbons (Fsp3) is 0.333. The van der Waals surface area contributed by atoms with E-state index < -0.39 is 11.5 Å². The van der Waals surface area contributed by atoms with Crippen molar-refractivity contribution in [2.45, 2.75) is 43.7 Å². The lowest BCUT2D eigenvalue weighted by molar-refractivity contribution is 0.0993. The highest BCUT2D eigenvalue weighted by Gasteiger charge is 2.39. The van der Waals surface area contributed by atoms with Crippen molar-refractivity contribution in [1.29, 1.82) is 5.26 Å². The molecule has 0 radical (unpaired) electrons. The molecule has 0 aromatic heterocycles. The number of carbonyl (C=O) groups is 1. The summed E-state index contributed by atoms with van der Waals surface area (Å²) in [5, 5.41) is 19.4. The summed E-state index contributed by atoms with van der Waals surface area (Å²) in [5.41, 5.74) is 1.54. The number of carboxylic acid groups (broad SMARTS) is 1. The summed E-state index contributed by atoms with van der Waals surface area (Å²) < 4.78 is 0. The first-order valence-corrected chi connectivity index (χ1v) is 8.65. The van der Waals surface area contributed by atoms with E-state index in [4.69, 9.17) is 0 Å². The van der Waals surface area contributed by atoms with Gasteiger partial charge in [-0.1, -0.05) is 60.7 Å². The quantitative estimate of drug-likeness (QED) is 0.890. The topological polar surface area (TPSA) is 64.3 Å². The molecule has 1 N–H and O–H groups in total. The van der Waals surface area contributed by atoms with Gasteiger partial charge in [0.25, 0.3) is 0 Å². The molecule has 1 saturated carbocycles. The maximum atomic E-state index is 11.8. The average Bonchev–Trinajstić information content (AvgIpc) is 2.67. The number of benzene rings is 2. The summed E-state index contributed by atoms with van der Waals surface area (Å²) in [4.78, 5) is 13.3. The van der Waals surface area contributed by atoms with Crippen molar-refractivity contribution < 1.29 is 9.90 Å². The normalized spacial score (nSPS) is 22.8. The van der Waals surface area contributed by atoms with E-state index in [0.29, 0.717) is 32.2 Å². The number of nitriles is 1. The van der Waals surface area contributed by atoms with Crippen LogP contribution in [0, 0.1) is 11.3 Å². The van der Waals surface area contributed by atoms with Crippen LogP contribution in [0.15, 0.2) is 60.7 Å². The van der Waals surface area contributed by atoms with Crippen LogP contribution in [0.4, 0.5) is 4.79 Å². The summed E-state index contributed by atoms with van der Waals surface area (Å²) >= 11 is 0. The molecule has 2 aromatic rings. The minimum atomic E-state index is -0.891. The van der Waals surface area contributed by atoms with Crippen molar-refractivity contribution in [3.05, 3.63) is 71.8 Å². The van der Waals surface area contributed by atoms with Gasteiger partial charge in [-0.05, 0) is 36.8 Å². The van der Waals surface area contributed by atoms with E-state index in [1.165, 1.54) is 4.90 Å². The lowest BCUT2D eigenvalue weighted by atomic mass is 9.69. The van der Waals surface area contributed by atoms with Crippen molar-refractivity contribution in [2.75, 3.05) is 0 Å². The van der Waals surface area contributed by atoms with Gasteiger partial charge in [0, 0.05) is 12.6 Å². The van der Waals surface area contributed by atoms with E-state index in [0.717, 1.165) is 11.1 Å². The largest absolute Gasteiger partial charge is 0.465 e. The molecule has 1 fully saturated rings. The molecule has 25 heavy (non-hydrogen) atoms. The van der Waals surface area contributed by atoms with Gasteiger partial charge < -0.3 is 10.0 Å². The van der Waals surface area contributed by atoms with Crippen LogP contribution in [0.3, 0.4) is 0 Å². The molecule has 0 unspecified atom stereocenters. The molecule has 0 bridgehead atoms. The molecule has 3 rings (SSSR count). The van der Waals surface area contributed by atoms with Crippen LogP contribution in [-0.4, -0.2) is 22.1 Å². The fourth-order valence-electron chi connectivity index (χ4n) is 3.76. The van der Waals surface area contributed by atoms with Gasteiger partial charge >= 0.3 is 6.09 Å². The zero-order chi connectivity index (χ0) is 17.7. The highest BCUT2D eigenvalue weighted by atomic mass is 16.4. The summed E-state index contributed by atoms with van der Waals surface area (Å²) in [7, 11) is 0. The average molecular weight is 334 g/mol. The second kappa shape index (κ2) is 7.40. The number of hydrogen-bond donors (Lipinski definition) is 1. The zero-order valence-electron chi connectivity index (χ0n) is 14.1. The number of amides is 1. The Morgan fingerprint density at radius 2 is 1.64 bits per heavy atom. The number of rotatable bonds is 4. The first kappa shape index (κ1) is 17.0. The van der Waals surface area contributed by atoms with Gasteiger partial charge in [-0.15, -0.1) is 0 Å². The summed E-state index contributed by atoms with van der Waals surface area (Å²) in [6, 6.07) is 22.0. The molecule has 1 aliphatic carbocycles. The molecule has 0 spiro atoms.